The van der Waals surface area contributed by atoms with Gasteiger partial charge in [0.15, 0.2) is 5.96 Å². The van der Waals surface area contributed by atoms with Gasteiger partial charge in [-0.15, -0.1) is 24.0 Å². The van der Waals surface area contributed by atoms with Gasteiger partial charge in [-0.3, -0.25) is 14.1 Å². The molecule has 0 spiro atoms. The first-order chi connectivity index (χ1) is 13.7. The third kappa shape index (κ3) is 8.63. The molecule has 172 valence electrons. The monoisotopic (exact) mass is 568 g/mol. The first kappa shape index (κ1) is 27.7. The van der Waals surface area contributed by atoms with Crippen LogP contribution in [0.3, 0.4) is 0 Å². The van der Waals surface area contributed by atoms with E-state index >= 15 is 0 Å². The normalized spacial score (nSPS) is 21.6. The summed E-state index contributed by atoms with van der Waals surface area (Å²) in [5.41, 5.74) is 1.26. The third-order valence-electron chi connectivity index (χ3n) is 5.29. The number of halogens is 2. The van der Waals surface area contributed by atoms with Crippen molar-refractivity contribution in [2.24, 2.45) is 10.9 Å². The van der Waals surface area contributed by atoms with E-state index in [9.17, 15) is 4.21 Å². The molecule has 8 heteroatoms. The highest BCUT2D eigenvalue weighted by Gasteiger charge is 2.30. The summed E-state index contributed by atoms with van der Waals surface area (Å²) in [6, 6.07) is 8.52. The molecule has 1 aromatic rings. The van der Waals surface area contributed by atoms with E-state index in [-0.39, 0.29) is 28.7 Å². The summed E-state index contributed by atoms with van der Waals surface area (Å²) in [6.07, 6.45) is 2.33. The maximum Gasteiger partial charge on any atom is 0.191 e. The van der Waals surface area contributed by atoms with E-state index in [2.05, 4.69) is 41.6 Å². The Morgan fingerprint density at radius 1 is 1.33 bits per heavy atom. The zero-order valence-electron chi connectivity index (χ0n) is 18.9. The molecule has 1 aliphatic heterocycles. The molecule has 0 radical (unpaired) electrons. The van der Waals surface area contributed by atoms with Crippen molar-refractivity contribution in [3.05, 3.63) is 34.9 Å². The van der Waals surface area contributed by atoms with E-state index in [1.165, 1.54) is 12.0 Å². The second-order valence-electron chi connectivity index (χ2n) is 8.69. The van der Waals surface area contributed by atoms with Gasteiger partial charge in [0.1, 0.15) is 0 Å². The van der Waals surface area contributed by atoms with Crippen LogP contribution >= 0.6 is 35.6 Å². The topological polar surface area (TPSA) is 56.7 Å². The number of rotatable bonds is 7. The van der Waals surface area contributed by atoms with E-state index in [4.69, 9.17) is 16.6 Å². The fraction of sp³-hybridized carbons (Fsp3) is 0.682. The van der Waals surface area contributed by atoms with Crippen molar-refractivity contribution in [1.82, 2.24) is 15.5 Å². The highest BCUT2D eigenvalue weighted by molar-refractivity contribution is 14.0. The fourth-order valence-corrected chi connectivity index (χ4v) is 4.89. The van der Waals surface area contributed by atoms with Gasteiger partial charge in [0.05, 0.1) is 0 Å². The number of likely N-dealkylation sites (tertiary alicyclic amines) is 1. The molecule has 1 aromatic carbocycles. The lowest BCUT2D eigenvalue weighted by molar-refractivity contribution is 0.125. The van der Waals surface area contributed by atoms with Gasteiger partial charge in [0, 0.05) is 52.0 Å². The summed E-state index contributed by atoms with van der Waals surface area (Å²) in [5.74, 6) is 1.86. The number of nitrogens with one attached hydrogen (secondary N) is 2. The van der Waals surface area contributed by atoms with Crippen LogP contribution in [0.1, 0.15) is 52.1 Å². The van der Waals surface area contributed by atoms with Gasteiger partial charge < -0.3 is 10.6 Å². The van der Waals surface area contributed by atoms with E-state index in [0.29, 0.717) is 24.3 Å². The highest BCUT2D eigenvalue weighted by Crippen LogP contribution is 2.36. The molecule has 5 nitrogen and oxygen atoms in total. The molecule has 1 saturated heterocycles. The summed E-state index contributed by atoms with van der Waals surface area (Å²) >= 11 is 6.25. The Labute approximate surface area is 207 Å². The second kappa shape index (κ2) is 13.2. The molecule has 30 heavy (non-hydrogen) atoms. The number of hydrogen-bond donors (Lipinski definition) is 2. The van der Waals surface area contributed by atoms with E-state index in [0.717, 1.165) is 37.0 Å². The van der Waals surface area contributed by atoms with E-state index in [1.807, 2.05) is 32.9 Å². The number of hydrogen-bond acceptors (Lipinski definition) is 3. The maximum atomic E-state index is 12.3. The van der Waals surface area contributed by atoms with Crippen molar-refractivity contribution < 1.29 is 4.21 Å². The Kier molecular flexibility index (Phi) is 12.2. The molecule has 3 atom stereocenters. The molecule has 0 amide bonds. The Hall–Kier alpha value is -0.380. The summed E-state index contributed by atoms with van der Waals surface area (Å²) in [7, 11) is 1.32. The third-order valence-corrected chi connectivity index (χ3v) is 7.46. The Morgan fingerprint density at radius 3 is 2.70 bits per heavy atom. The molecular formula is C22H38ClIN4OS. The van der Waals surface area contributed by atoms with Crippen molar-refractivity contribution in [3.63, 3.8) is 0 Å². The second-order valence-corrected chi connectivity index (χ2v) is 11.5. The van der Waals surface area contributed by atoms with Gasteiger partial charge in [0.25, 0.3) is 0 Å². The number of guanidine groups is 1. The van der Waals surface area contributed by atoms with Crippen LogP contribution in [0.15, 0.2) is 29.3 Å². The standard InChI is InChI=1S/C22H37ClN4OS.HI/c1-6-24-21(25-12-14-29(28)22(2,3)4)26-16-18-10-8-13-27(5)20(18)17-9-7-11-19(23)15-17;/h7,9,11,15,18,20H,6,8,10,12-14,16H2,1-5H3,(H2,24,25,26);1H. The van der Waals surface area contributed by atoms with Gasteiger partial charge in [0.2, 0.25) is 0 Å². The minimum atomic E-state index is -0.868. The molecule has 1 aliphatic rings. The van der Waals surface area contributed by atoms with Gasteiger partial charge in [-0.2, -0.15) is 0 Å². The lowest BCUT2D eigenvalue weighted by Crippen LogP contribution is -2.42. The van der Waals surface area contributed by atoms with Gasteiger partial charge >= 0.3 is 0 Å². The van der Waals surface area contributed by atoms with Crippen molar-refractivity contribution in [3.8, 4) is 0 Å². The fourth-order valence-electron chi connectivity index (χ4n) is 3.79. The molecule has 2 N–H and O–H groups in total. The average molecular weight is 569 g/mol. The average Bonchev–Trinajstić information content (AvgIpc) is 2.65. The molecule has 2 rings (SSSR count). The van der Waals surface area contributed by atoms with Crippen molar-refractivity contribution >= 4 is 52.3 Å². The van der Waals surface area contributed by atoms with Crippen LogP contribution in [0.4, 0.5) is 0 Å². The molecule has 0 saturated carbocycles. The van der Waals surface area contributed by atoms with E-state index in [1.54, 1.807) is 0 Å². The van der Waals surface area contributed by atoms with Crippen LogP contribution in [0.25, 0.3) is 0 Å². The molecule has 1 fully saturated rings. The van der Waals surface area contributed by atoms with Gasteiger partial charge in [-0.1, -0.05) is 23.7 Å². The highest BCUT2D eigenvalue weighted by atomic mass is 127. The lowest BCUT2D eigenvalue weighted by atomic mass is 9.85. The number of nitrogens with zero attached hydrogens (tertiary/aromatic N) is 2. The largest absolute Gasteiger partial charge is 0.357 e. The quantitative estimate of drug-likeness (QED) is 0.290. The molecule has 0 aromatic heterocycles. The zero-order valence-corrected chi connectivity index (χ0v) is 22.8. The Balaban J connectivity index is 0.00000450. The van der Waals surface area contributed by atoms with Crippen LogP contribution < -0.4 is 10.6 Å². The predicted molar refractivity (Wildman–Crippen MR) is 142 cm³/mol. The molecule has 1 heterocycles. The molecular weight excluding hydrogens is 531 g/mol. The Morgan fingerprint density at radius 2 is 2.07 bits per heavy atom. The minimum Gasteiger partial charge on any atom is -0.357 e. The van der Waals surface area contributed by atoms with Gasteiger partial charge in [-0.25, -0.2) is 0 Å². The minimum absolute atomic E-state index is 0. The summed E-state index contributed by atoms with van der Waals surface area (Å²) < 4.78 is 12.1. The number of benzene rings is 1. The number of aliphatic imine (C=N–C) groups is 1. The molecule has 3 unspecified atom stereocenters. The van der Waals surface area contributed by atoms with Crippen LogP contribution in [0.5, 0.6) is 0 Å². The van der Waals surface area contributed by atoms with Crippen LogP contribution in [-0.4, -0.2) is 58.8 Å². The van der Waals surface area contributed by atoms with Crippen LogP contribution in [0, 0.1) is 5.92 Å². The first-order valence-corrected chi connectivity index (χ1v) is 12.3. The first-order valence-electron chi connectivity index (χ1n) is 10.6. The van der Waals surface area contributed by atoms with Crippen LogP contribution in [-0.2, 0) is 10.8 Å². The zero-order chi connectivity index (χ0) is 21.4. The lowest BCUT2D eigenvalue weighted by Gasteiger charge is -2.39. The van der Waals surface area contributed by atoms with Crippen molar-refractivity contribution in [1.29, 1.82) is 0 Å². The molecule has 0 bridgehead atoms. The smallest absolute Gasteiger partial charge is 0.191 e. The molecule has 0 aliphatic carbocycles. The summed E-state index contributed by atoms with van der Waals surface area (Å²) in [6.45, 7) is 11.4. The van der Waals surface area contributed by atoms with Crippen molar-refractivity contribution in [2.75, 3.05) is 39.0 Å². The Bertz CT molecular complexity index is 711. The SMILES string of the molecule is CCNC(=NCC1CCCN(C)C1c1cccc(Cl)c1)NCCS(=O)C(C)(C)C.I. The van der Waals surface area contributed by atoms with Crippen molar-refractivity contribution in [2.45, 2.75) is 51.3 Å². The van der Waals surface area contributed by atoms with E-state index < -0.39 is 10.8 Å². The number of piperidine rings is 1. The summed E-state index contributed by atoms with van der Waals surface area (Å²) in [4.78, 5) is 7.28. The van der Waals surface area contributed by atoms with Crippen LogP contribution in [0.2, 0.25) is 5.02 Å². The summed E-state index contributed by atoms with van der Waals surface area (Å²) in [5, 5.41) is 7.45. The maximum absolute atomic E-state index is 12.3. The predicted octanol–water partition coefficient (Wildman–Crippen LogP) is 4.44. The van der Waals surface area contributed by atoms with Gasteiger partial charge in [-0.05, 0) is 77.7 Å².